The van der Waals surface area contributed by atoms with Gasteiger partial charge in [0, 0.05) is 24.9 Å². The van der Waals surface area contributed by atoms with E-state index in [0.717, 1.165) is 17.8 Å². The first-order chi connectivity index (χ1) is 8.81. The highest BCUT2D eigenvalue weighted by molar-refractivity contribution is 6.33. The number of aromatic nitrogens is 1. The number of benzene rings is 1. The summed E-state index contributed by atoms with van der Waals surface area (Å²) in [7, 11) is 0. The predicted octanol–water partition coefficient (Wildman–Crippen LogP) is 2.94. The molecule has 1 amide bonds. The van der Waals surface area contributed by atoms with Gasteiger partial charge in [0.1, 0.15) is 0 Å². The number of pyridine rings is 1. The molecule has 0 N–H and O–H groups in total. The topological polar surface area (TPSA) is 33.2 Å². The number of para-hydroxylation sites is 1. The molecule has 0 fully saturated rings. The van der Waals surface area contributed by atoms with Gasteiger partial charge in [-0.15, -0.1) is 0 Å². The van der Waals surface area contributed by atoms with E-state index in [1.54, 1.807) is 17.2 Å². The monoisotopic (exact) mass is 260 g/mol. The van der Waals surface area contributed by atoms with E-state index in [0.29, 0.717) is 18.0 Å². The fraction of sp³-hybridized carbons (Fsp3) is 0.143. The van der Waals surface area contributed by atoms with E-state index in [4.69, 9.17) is 11.6 Å². The highest BCUT2D eigenvalue weighted by Gasteiger charge is 2.08. The van der Waals surface area contributed by atoms with Crippen LogP contribution in [0.4, 0.5) is 5.69 Å². The predicted molar refractivity (Wildman–Crippen MR) is 72.8 cm³/mol. The molecule has 0 aliphatic rings. The zero-order valence-corrected chi connectivity index (χ0v) is 10.5. The third kappa shape index (κ3) is 3.08. The van der Waals surface area contributed by atoms with E-state index >= 15 is 0 Å². The van der Waals surface area contributed by atoms with Crippen LogP contribution in [0, 0.1) is 0 Å². The molecule has 0 atom stereocenters. The van der Waals surface area contributed by atoms with Crippen LogP contribution < -0.4 is 4.90 Å². The summed E-state index contributed by atoms with van der Waals surface area (Å²) >= 11 is 6.06. The zero-order chi connectivity index (χ0) is 12.8. The number of carbonyl (C=O) groups excluding carboxylic acids is 1. The van der Waals surface area contributed by atoms with Crippen molar-refractivity contribution in [1.29, 1.82) is 0 Å². The summed E-state index contributed by atoms with van der Waals surface area (Å²) in [4.78, 5) is 16.9. The number of hydrogen-bond donors (Lipinski definition) is 0. The van der Waals surface area contributed by atoms with Crippen molar-refractivity contribution in [3.05, 3.63) is 59.4 Å². The highest BCUT2D eigenvalue weighted by Crippen LogP contribution is 2.24. The van der Waals surface area contributed by atoms with E-state index in [9.17, 15) is 4.79 Å². The molecule has 2 rings (SSSR count). The number of hydrogen-bond acceptors (Lipinski definition) is 2. The molecule has 0 aliphatic carbocycles. The van der Waals surface area contributed by atoms with E-state index in [1.165, 1.54) is 0 Å². The quantitative estimate of drug-likeness (QED) is 0.775. The molecule has 18 heavy (non-hydrogen) atoms. The van der Waals surface area contributed by atoms with Gasteiger partial charge in [0.25, 0.3) is 0 Å². The molecule has 2 aromatic rings. The minimum absolute atomic E-state index is 0.560. The normalized spacial score (nSPS) is 10.1. The van der Waals surface area contributed by atoms with Gasteiger partial charge in [0.05, 0.1) is 10.7 Å². The first kappa shape index (κ1) is 12.6. The zero-order valence-electron chi connectivity index (χ0n) is 9.79. The molecule has 1 heterocycles. The molecule has 0 aliphatic heterocycles. The second-order valence-electron chi connectivity index (χ2n) is 3.82. The summed E-state index contributed by atoms with van der Waals surface area (Å²) in [6.45, 7) is 0.560. The minimum atomic E-state index is 0.560. The van der Waals surface area contributed by atoms with Gasteiger partial charge in [-0.05, 0) is 24.3 Å². The van der Waals surface area contributed by atoms with E-state index < -0.39 is 0 Å². The Kier molecular flexibility index (Phi) is 4.31. The van der Waals surface area contributed by atoms with Crippen molar-refractivity contribution in [1.82, 2.24) is 4.98 Å². The van der Waals surface area contributed by atoms with Crippen molar-refractivity contribution in [2.24, 2.45) is 0 Å². The van der Waals surface area contributed by atoms with Crippen LogP contribution in [0.5, 0.6) is 0 Å². The van der Waals surface area contributed by atoms with Crippen LogP contribution >= 0.6 is 11.6 Å². The van der Waals surface area contributed by atoms with Gasteiger partial charge in [-0.2, -0.15) is 0 Å². The Bertz CT molecular complexity index is 516. The van der Waals surface area contributed by atoms with Gasteiger partial charge >= 0.3 is 0 Å². The summed E-state index contributed by atoms with van der Waals surface area (Å²) in [6, 6.07) is 13.0. The lowest BCUT2D eigenvalue weighted by atomic mass is 10.2. The maximum atomic E-state index is 11.1. The first-order valence-corrected chi connectivity index (χ1v) is 6.05. The lowest BCUT2D eigenvalue weighted by Gasteiger charge is -2.18. The molecule has 0 saturated heterocycles. The Balaban J connectivity index is 2.07. The lowest BCUT2D eigenvalue weighted by Crippen LogP contribution is -2.24. The highest BCUT2D eigenvalue weighted by atomic mass is 35.5. The molecule has 0 unspecified atom stereocenters. The average molecular weight is 261 g/mol. The summed E-state index contributed by atoms with van der Waals surface area (Å²) in [5.41, 5.74) is 1.68. The third-order valence-electron chi connectivity index (χ3n) is 2.62. The van der Waals surface area contributed by atoms with Gasteiger partial charge in [0.15, 0.2) is 0 Å². The Morgan fingerprint density at radius 1 is 1.17 bits per heavy atom. The maximum Gasteiger partial charge on any atom is 0.214 e. The van der Waals surface area contributed by atoms with Crippen LogP contribution in [0.1, 0.15) is 5.69 Å². The Morgan fingerprint density at radius 3 is 2.61 bits per heavy atom. The molecule has 1 aromatic carbocycles. The molecule has 1 aromatic heterocycles. The van der Waals surface area contributed by atoms with Crippen molar-refractivity contribution < 1.29 is 4.79 Å². The number of anilines is 1. The number of halogens is 1. The van der Waals surface area contributed by atoms with Gasteiger partial charge in [-0.1, -0.05) is 29.8 Å². The van der Waals surface area contributed by atoms with Gasteiger partial charge in [0.2, 0.25) is 6.41 Å². The second-order valence-corrected chi connectivity index (χ2v) is 4.23. The number of rotatable bonds is 5. The molecule has 0 bridgehead atoms. The van der Waals surface area contributed by atoms with Gasteiger partial charge < -0.3 is 4.90 Å². The Morgan fingerprint density at radius 2 is 1.94 bits per heavy atom. The molecule has 0 saturated carbocycles. The van der Waals surface area contributed by atoms with Crippen molar-refractivity contribution in [2.75, 3.05) is 11.4 Å². The van der Waals surface area contributed by atoms with Crippen LogP contribution in [0.2, 0.25) is 5.02 Å². The van der Waals surface area contributed by atoms with Crippen LogP contribution in [-0.4, -0.2) is 17.9 Å². The lowest BCUT2D eigenvalue weighted by molar-refractivity contribution is -0.107. The maximum absolute atomic E-state index is 11.1. The van der Waals surface area contributed by atoms with E-state index in [1.807, 2.05) is 36.4 Å². The van der Waals surface area contributed by atoms with Gasteiger partial charge in [-0.3, -0.25) is 9.78 Å². The largest absolute Gasteiger partial charge is 0.313 e. The van der Waals surface area contributed by atoms with Crippen molar-refractivity contribution >= 4 is 23.7 Å². The molecule has 0 radical (unpaired) electrons. The molecular weight excluding hydrogens is 248 g/mol. The molecule has 92 valence electrons. The standard InChI is InChI=1S/C14H13ClN2O/c15-13-6-1-2-7-14(13)17(11-18)10-8-12-5-3-4-9-16-12/h1-7,9,11H,8,10H2. The smallest absolute Gasteiger partial charge is 0.214 e. The Labute approximate surface area is 111 Å². The van der Waals surface area contributed by atoms with Gasteiger partial charge in [-0.25, -0.2) is 0 Å². The minimum Gasteiger partial charge on any atom is -0.313 e. The van der Waals surface area contributed by atoms with Crippen LogP contribution in [0.15, 0.2) is 48.7 Å². The van der Waals surface area contributed by atoms with Crippen molar-refractivity contribution in [3.63, 3.8) is 0 Å². The number of carbonyl (C=O) groups is 1. The van der Waals surface area contributed by atoms with Crippen molar-refractivity contribution in [2.45, 2.75) is 6.42 Å². The molecular formula is C14H13ClN2O. The van der Waals surface area contributed by atoms with Crippen molar-refractivity contribution in [3.8, 4) is 0 Å². The number of nitrogens with zero attached hydrogens (tertiary/aromatic N) is 2. The summed E-state index contributed by atoms with van der Waals surface area (Å²) in [5, 5.41) is 0.575. The molecule has 3 nitrogen and oxygen atoms in total. The summed E-state index contributed by atoms with van der Waals surface area (Å²) in [6.07, 6.45) is 3.24. The molecule has 0 spiro atoms. The SMILES string of the molecule is O=CN(CCc1ccccn1)c1ccccc1Cl. The van der Waals surface area contributed by atoms with Crippen LogP contribution in [0.25, 0.3) is 0 Å². The average Bonchev–Trinajstić information content (AvgIpc) is 2.42. The summed E-state index contributed by atoms with van der Waals surface area (Å²) < 4.78 is 0. The van der Waals surface area contributed by atoms with E-state index in [2.05, 4.69) is 4.98 Å². The number of amides is 1. The fourth-order valence-corrected chi connectivity index (χ4v) is 1.94. The molecule has 4 heteroatoms. The third-order valence-corrected chi connectivity index (χ3v) is 2.94. The Hall–Kier alpha value is -1.87. The van der Waals surface area contributed by atoms with Crippen LogP contribution in [0.3, 0.4) is 0 Å². The van der Waals surface area contributed by atoms with E-state index in [-0.39, 0.29) is 0 Å². The first-order valence-electron chi connectivity index (χ1n) is 5.67. The summed E-state index contributed by atoms with van der Waals surface area (Å²) in [5.74, 6) is 0. The fourth-order valence-electron chi connectivity index (χ4n) is 1.70. The second kappa shape index (κ2) is 6.17. The van der Waals surface area contributed by atoms with Crippen LogP contribution in [-0.2, 0) is 11.2 Å².